The van der Waals surface area contributed by atoms with Crippen LogP contribution in [-0.2, 0) is 11.2 Å². The number of ether oxygens (including phenoxy) is 1. The Labute approximate surface area is 96.2 Å². The first-order chi connectivity index (χ1) is 7.79. The highest BCUT2D eigenvalue weighted by Crippen LogP contribution is 2.26. The fourth-order valence-corrected chi connectivity index (χ4v) is 2.49. The molecule has 16 heavy (non-hydrogen) atoms. The highest BCUT2D eigenvalue weighted by Gasteiger charge is 2.15. The van der Waals surface area contributed by atoms with E-state index in [1.807, 2.05) is 12.1 Å². The van der Waals surface area contributed by atoms with E-state index in [-0.39, 0.29) is 5.97 Å². The third-order valence-corrected chi connectivity index (χ3v) is 3.39. The molecule has 1 heterocycles. The molecule has 1 aromatic rings. The van der Waals surface area contributed by atoms with Crippen molar-refractivity contribution in [2.75, 3.05) is 7.11 Å². The lowest BCUT2D eigenvalue weighted by molar-refractivity contribution is 0.0594. The minimum atomic E-state index is -0.283. The number of hydrogen-bond donors (Lipinski definition) is 1. The van der Waals surface area contributed by atoms with Gasteiger partial charge in [-0.2, -0.15) is 0 Å². The van der Waals surface area contributed by atoms with Crippen molar-refractivity contribution in [3.05, 3.63) is 23.5 Å². The molecule has 1 aromatic heterocycles. The van der Waals surface area contributed by atoms with Crippen LogP contribution >= 0.6 is 0 Å². The van der Waals surface area contributed by atoms with Crippen LogP contribution in [0.4, 0.5) is 0 Å². The maximum absolute atomic E-state index is 11.3. The third kappa shape index (κ3) is 2.65. The van der Waals surface area contributed by atoms with Gasteiger partial charge in [0, 0.05) is 5.69 Å². The molecule has 0 amide bonds. The Bertz CT molecular complexity index is 351. The Balaban J connectivity index is 1.94. The van der Waals surface area contributed by atoms with Crippen LogP contribution in [0.15, 0.2) is 12.1 Å². The lowest BCUT2D eigenvalue weighted by atomic mass is 9.86. The van der Waals surface area contributed by atoms with Crippen LogP contribution in [-0.4, -0.2) is 18.1 Å². The second-order valence-electron chi connectivity index (χ2n) is 4.60. The Morgan fingerprint density at radius 3 is 2.81 bits per heavy atom. The summed E-state index contributed by atoms with van der Waals surface area (Å²) in [5.41, 5.74) is 1.72. The van der Waals surface area contributed by atoms with Gasteiger partial charge in [-0.15, -0.1) is 0 Å². The molecule has 0 radical (unpaired) electrons. The zero-order valence-corrected chi connectivity index (χ0v) is 9.79. The minimum absolute atomic E-state index is 0.283. The maximum atomic E-state index is 11.3. The van der Waals surface area contributed by atoms with Crippen molar-refractivity contribution < 1.29 is 9.53 Å². The first-order valence-corrected chi connectivity index (χ1v) is 6.06. The lowest BCUT2D eigenvalue weighted by Gasteiger charge is -2.20. The number of carbonyl (C=O) groups is 1. The molecule has 0 saturated heterocycles. The van der Waals surface area contributed by atoms with Crippen molar-refractivity contribution in [2.24, 2.45) is 5.92 Å². The summed E-state index contributed by atoms with van der Waals surface area (Å²) in [5.74, 6) is 0.507. The molecule has 1 N–H and O–H groups in total. The maximum Gasteiger partial charge on any atom is 0.354 e. The van der Waals surface area contributed by atoms with Crippen molar-refractivity contribution in [2.45, 2.75) is 38.5 Å². The van der Waals surface area contributed by atoms with E-state index in [2.05, 4.69) is 9.72 Å². The van der Waals surface area contributed by atoms with Gasteiger partial charge in [0.2, 0.25) is 0 Å². The quantitative estimate of drug-likeness (QED) is 0.797. The first-order valence-electron chi connectivity index (χ1n) is 6.06. The zero-order valence-electron chi connectivity index (χ0n) is 9.79. The fourth-order valence-electron chi connectivity index (χ4n) is 2.49. The topological polar surface area (TPSA) is 42.1 Å². The second kappa shape index (κ2) is 5.19. The molecule has 2 rings (SSSR count). The van der Waals surface area contributed by atoms with Crippen LogP contribution in [0.3, 0.4) is 0 Å². The molecule has 3 nitrogen and oxygen atoms in total. The highest BCUT2D eigenvalue weighted by molar-refractivity contribution is 5.87. The third-order valence-electron chi connectivity index (χ3n) is 3.39. The number of aromatic amines is 1. The van der Waals surface area contributed by atoms with Crippen molar-refractivity contribution in [3.63, 3.8) is 0 Å². The van der Waals surface area contributed by atoms with Crippen LogP contribution < -0.4 is 0 Å². The summed E-state index contributed by atoms with van der Waals surface area (Å²) in [4.78, 5) is 14.4. The van der Waals surface area contributed by atoms with Crippen LogP contribution in [0.1, 0.15) is 48.3 Å². The molecular formula is C13H19NO2. The fraction of sp³-hybridized carbons (Fsp3) is 0.615. The van der Waals surface area contributed by atoms with Crippen LogP contribution in [0.5, 0.6) is 0 Å². The zero-order chi connectivity index (χ0) is 11.4. The second-order valence-corrected chi connectivity index (χ2v) is 4.60. The summed E-state index contributed by atoms with van der Waals surface area (Å²) < 4.78 is 4.67. The van der Waals surface area contributed by atoms with E-state index in [0.717, 1.165) is 18.0 Å². The van der Waals surface area contributed by atoms with E-state index in [9.17, 15) is 4.79 Å². The summed E-state index contributed by atoms with van der Waals surface area (Å²) >= 11 is 0. The van der Waals surface area contributed by atoms with Gasteiger partial charge < -0.3 is 9.72 Å². The summed E-state index contributed by atoms with van der Waals surface area (Å²) in [6.07, 6.45) is 7.81. The molecule has 0 bridgehead atoms. The molecule has 0 aliphatic heterocycles. The van der Waals surface area contributed by atoms with E-state index < -0.39 is 0 Å². The van der Waals surface area contributed by atoms with Crippen LogP contribution in [0.2, 0.25) is 0 Å². The largest absolute Gasteiger partial charge is 0.464 e. The molecule has 1 aliphatic rings. The van der Waals surface area contributed by atoms with Gasteiger partial charge in [0.1, 0.15) is 5.69 Å². The number of hydrogen-bond acceptors (Lipinski definition) is 2. The number of aromatic nitrogens is 1. The normalized spacial score (nSPS) is 17.3. The first kappa shape index (κ1) is 11.2. The average molecular weight is 221 g/mol. The Kier molecular flexibility index (Phi) is 3.65. The molecular weight excluding hydrogens is 202 g/mol. The molecule has 0 atom stereocenters. The number of carbonyl (C=O) groups excluding carboxylic acids is 1. The molecule has 1 fully saturated rings. The number of esters is 1. The smallest absolute Gasteiger partial charge is 0.354 e. The van der Waals surface area contributed by atoms with Crippen LogP contribution in [0.25, 0.3) is 0 Å². The predicted octanol–water partition coefficient (Wildman–Crippen LogP) is 2.92. The average Bonchev–Trinajstić information content (AvgIpc) is 2.78. The molecule has 0 aromatic carbocycles. The highest BCUT2D eigenvalue weighted by atomic mass is 16.5. The van der Waals surface area contributed by atoms with E-state index in [4.69, 9.17) is 0 Å². The molecule has 88 valence electrons. The molecule has 3 heteroatoms. The summed E-state index contributed by atoms with van der Waals surface area (Å²) in [6.45, 7) is 0. The Morgan fingerprint density at radius 2 is 2.12 bits per heavy atom. The van der Waals surface area contributed by atoms with Crippen molar-refractivity contribution in [1.82, 2.24) is 4.98 Å². The van der Waals surface area contributed by atoms with Crippen molar-refractivity contribution in [1.29, 1.82) is 0 Å². The lowest BCUT2D eigenvalue weighted by Crippen LogP contribution is -2.09. The Morgan fingerprint density at radius 1 is 1.38 bits per heavy atom. The van der Waals surface area contributed by atoms with Gasteiger partial charge in [-0.25, -0.2) is 4.79 Å². The Hall–Kier alpha value is -1.25. The minimum Gasteiger partial charge on any atom is -0.464 e. The van der Waals surface area contributed by atoms with Crippen LogP contribution in [0, 0.1) is 5.92 Å². The predicted molar refractivity (Wildman–Crippen MR) is 62.4 cm³/mol. The SMILES string of the molecule is COC(=O)c1ccc(CC2CCCCC2)[nH]1. The summed E-state index contributed by atoms with van der Waals surface area (Å²) in [5, 5.41) is 0. The molecule has 0 spiro atoms. The van der Waals surface area contributed by atoms with Crippen molar-refractivity contribution >= 4 is 5.97 Å². The van der Waals surface area contributed by atoms with E-state index in [0.29, 0.717) is 5.69 Å². The summed E-state index contributed by atoms with van der Waals surface area (Å²) in [7, 11) is 1.41. The van der Waals surface area contributed by atoms with Crippen molar-refractivity contribution in [3.8, 4) is 0 Å². The van der Waals surface area contributed by atoms with E-state index in [1.165, 1.54) is 39.2 Å². The standard InChI is InChI=1S/C13H19NO2/c1-16-13(15)12-8-7-11(14-12)9-10-5-3-2-4-6-10/h7-8,10,14H,2-6,9H2,1H3. The number of H-pyrrole nitrogens is 1. The van der Waals surface area contributed by atoms with Gasteiger partial charge >= 0.3 is 5.97 Å². The van der Waals surface area contributed by atoms with Gasteiger partial charge in [-0.1, -0.05) is 32.1 Å². The summed E-state index contributed by atoms with van der Waals surface area (Å²) in [6, 6.07) is 3.81. The van der Waals surface area contributed by atoms with E-state index in [1.54, 1.807) is 0 Å². The van der Waals surface area contributed by atoms with Gasteiger partial charge in [0.15, 0.2) is 0 Å². The monoisotopic (exact) mass is 221 g/mol. The number of rotatable bonds is 3. The number of methoxy groups -OCH3 is 1. The van der Waals surface area contributed by atoms with Gasteiger partial charge in [-0.3, -0.25) is 0 Å². The molecule has 1 saturated carbocycles. The van der Waals surface area contributed by atoms with Gasteiger partial charge in [-0.05, 0) is 24.5 Å². The number of nitrogens with one attached hydrogen (secondary N) is 1. The molecule has 1 aliphatic carbocycles. The molecule has 0 unspecified atom stereocenters. The van der Waals surface area contributed by atoms with Gasteiger partial charge in [0.05, 0.1) is 7.11 Å². The van der Waals surface area contributed by atoms with E-state index >= 15 is 0 Å². The van der Waals surface area contributed by atoms with Gasteiger partial charge in [0.25, 0.3) is 0 Å².